The highest BCUT2D eigenvalue weighted by Gasteiger charge is 2.15. The fourth-order valence-corrected chi connectivity index (χ4v) is 1.84. The molecule has 118 valence electrons. The maximum atomic E-state index is 11.5. The van der Waals surface area contributed by atoms with Gasteiger partial charge < -0.3 is 14.6 Å². The van der Waals surface area contributed by atoms with Crippen molar-refractivity contribution in [2.75, 3.05) is 19.8 Å². The fraction of sp³-hybridized carbons (Fsp3) is 0.588. The molecule has 1 rings (SSSR count). The van der Waals surface area contributed by atoms with E-state index in [0.29, 0.717) is 19.6 Å². The van der Waals surface area contributed by atoms with Crippen LogP contribution >= 0.6 is 0 Å². The molecule has 0 radical (unpaired) electrons. The molecule has 21 heavy (non-hydrogen) atoms. The van der Waals surface area contributed by atoms with E-state index in [1.165, 1.54) is 5.56 Å². The van der Waals surface area contributed by atoms with Gasteiger partial charge in [-0.1, -0.05) is 24.3 Å². The summed E-state index contributed by atoms with van der Waals surface area (Å²) in [4.78, 5) is 11.5. The Kier molecular flexibility index (Phi) is 7.40. The second-order valence-electron chi connectivity index (χ2n) is 5.99. The number of hydrogen-bond donors (Lipinski definition) is 1. The highest BCUT2D eigenvalue weighted by atomic mass is 16.6. The minimum atomic E-state index is -0.437. The Morgan fingerprint density at radius 3 is 2.14 bits per heavy atom. The van der Waals surface area contributed by atoms with Gasteiger partial charge in [0.05, 0.1) is 19.6 Å². The lowest BCUT2D eigenvalue weighted by atomic mass is 10.1. The standard InChI is InChI=1S/C17H26O4/c1-17(2,3)21-16(19)10-13-20-12-9-15-6-4-14(5-7-15)8-11-18/h4-7,18H,8-13H2,1-3H3. The predicted octanol–water partition coefficient (Wildman–Crippen LogP) is 2.51. The quantitative estimate of drug-likeness (QED) is 0.591. The smallest absolute Gasteiger partial charge is 0.308 e. The number of hydrogen-bond acceptors (Lipinski definition) is 4. The van der Waals surface area contributed by atoms with E-state index < -0.39 is 5.60 Å². The molecule has 0 bridgehead atoms. The first-order valence-corrected chi connectivity index (χ1v) is 7.39. The van der Waals surface area contributed by atoms with Gasteiger partial charge in [-0.25, -0.2) is 0 Å². The van der Waals surface area contributed by atoms with Crippen LogP contribution in [0.2, 0.25) is 0 Å². The minimum absolute atomic E-state index is 0.174. The largest absolute Gasteiger partial charge is 0.460 e. The van der Waals surface area contributed by atoms with Crippen LogP contribution in [0.15, 0.2) is 24.3 Å². The number of aliphatic hydroxyl groups excluding tert-OH is 1. The number of rotatable bonds is 8. The van der Waals surface area contributed by atoms with Crippen molar-refractivity contribution in [3.8, 4) is 0 Å². The van der Waals surface area contributed by atoms with Gasteiger partial charge in [-0.3, -0.25) is 4.79 Å². The molecule has 0 fully saturated rings. The molecule has 0 amide bonds. The molecule has 0 aliphatic carbocycles. The van der Waals surface area contributed by atoms with Gasteiger partial charge in [-0.15, -0.1) is 0 Å². The molecule has 0 aromatic heterocycles. The number of carbonyl (C=O) groups is 1. The Morgan fingerprint density at radius 1 is 1.05 bits per heavy atom. The monoisotopic (exact) mass is 294 g/mol. The van der Waals surface area contributed by atoms with Crippen molar-refractivity contribution in [3.05, 3.63) is 35.4 Å². The predicted molar refractivity (Wildman–Crippen MR) is 82.2 cm³/mol. The van der Waals surface area contributed by atoms with E-state index >= 15 is 0 Å². The van der Waals surface area contributed by atoms with Crippen LogP contribution in [0.25, 0.3) is 0 Å². The summed E-state index contributed by atoms with van der Waals surface area (Å²) in [5.41, 5.74) is 1.88. The van der Waals surface area contributed by atoms with Crippen molar-refractivity contribution in [3.63, 3.8) is 0 Å². The Labute approximate surface area is 127 Å². The minimum Gasteiger partial charge on any atom is -0.460 e. The zero-order chi connectivity index (χ0) is 15.7. The van der Waals surface area contributed by atoms with Crippen molar-refractivity contribution in [2.45, 2.75) is 45.6 Å². The molecule has 4 nitrogen and oxygen atoms in total. The van der Waals surface area contributed by atoms with Gasteiger partial charge >= 0.3 is 5.97 Å². The molecule has 4 heteroatoms. The van der Waals surface area contributed by atoms with E-state index in [0.717, 1.165) is 12.0 Å². The van der Waals surface area contributed by atoms with E-state index in [-0.39, 0.29) is 19.0 Å². The first-order valence-electron chi connectivity index (χ1n) is 7.39. The third-order valence-corrected chi connectivity index (χ3v) is 2.83. The zero-order valence-corrected chi connectivity index (χ0v) is 13.2. The molecular weight excluding hydrogens is 268 g/mol. The Morgan fingerprint density at radius 2 is 1.62 bits per heavy atom. The van der Waals surface area contributed by atoms with E-state index in [2.05, 4.69) is 0 Å². The zero-order valence-electron chi connectivity index (χ0n) is 13.2. The van der Waals surface area contributed by atoms with E-state index in [4.69, 9.17) is 14.6 Å². The first-order chi connectivity index (χ1) is 9.90. The Hall–Kier alpha value is -1.39. The van der Waals surface area contributed by atoms with Crippen LogP contribution in [0.4, 0.5) is 0 Å². The van der Waals surface area contributed by atoms with Crippen molar-refractivity contribution in [1.29, 1.82) is 0 Å². The van der Waals surface area contributed by atoms with Gasteiger partial charge in [0, 0.05) is 6.61 Å². The summed E-state index contributed by atoms with van der Waals surface area (Å²) in [6, 6.07) is 8.13. The van der Waals surface area contributed by atoms with Crippen molar-refractivity contribution in [1.82, 2.24) is 0 Å². The lowest BCUT2D eigenvalue weighted by Gasteiger charge is -2.19. The Balaban J connectivity index is 2.15. The summed E-state index contributed by atoms with van der Waals surface area (Å²) in [6.07, 6.45) is 1.78. The van der Waals surface area contributed by atoms with Crippen molar-refractivity contribution in [2.24, 2.45) is 0 Å². The molecule has 0 atom stereocenters. The average molecular weight is 294 g/mol. The molecule has 1 N–H and O–H groups in total. The summed E-state index contributed by atoms with van der Waals surface area (Å²) >= 11 is 0. The molecule has 0 saturated heterocycles. The van der Waals surface area contributed by atoms with Gasteiger partial charge in [-0.05, 0) is 44.7 Å². The summed E-state index contributed by atoms with van der Waals surface area (Å²) in [6.45, 7) is 6.71. The fourth-order valence-electron chi connectivity index (χ4n) is 1.84. The average Bonchev–Trinajstić information content (AvgIpc) is 2.38. The van der Waals surface area contributed by atoms with Crippen LogP contribution in [-0.2, 0) is 27.1 Å². The van der Waals surface area contributed by atoms with Gasteiger partial charge in [0.25, 0.3) is 0 Å². The number of esters is 1. The van der Waals surface area contributed by atoms with E-state index in [1.807, 2.05) is 45.0 Å². The van der Waals surface area contributed by atoms with Crippen molar-refractivity contribution >= 4 is 5.97 Å². The van der Waals surface area contributed by atoms with E-state index in [1.54, 1.807) is 0 Å². The molecule has 1 aromatic rings. The van der Waals surface area contributed by atoms with Crippen LogP contribution in [0, 0.1) is 0 Å². The normalized spacial score (nSPS) is 11.4. The second-order valence-corrected chi connectivity index (χ2v) is 5.99. The van der Waals surface area contributed by atoms with Gasteiger partial charge in [-0.2, -0.15) is 0 Å². The summed E-state index contributed by atoms with van der Waals surface area (Å²) in [5, 5.41) is 8.85. The molecule has 0 heterocycles. The molecule has 0 aliphatic heterocycles. The topological polar surface area (TPSA) is 55.8 Å². The first kappa shape index (κ1) is 17.7. The molecule has 0 spiro atoms. The maximum Gasteiger partial charge on any atom is 0.308 e. The third-order valence-electron chi connectivity index (χ3n) is 2.83. The van der Waals surface area contributed by atoms with E-state index in [9.17, 15) is 4.79 Å². The van der Waals surface area contributed by atoms with Gasteiger partial charge in [0.1, 0.15) is 5.60 Å². The lowest BCUT2D eigenvalue weighted by molar-refractivity contribution is -0.156. The third kappa shape index (κ3) is 8.48. The Bertz CT molecular complexity index is 417. The second kappa shape index (κ2) is 8.80. The SMILES string of the molecule is CC(C)(C)OC(=O)CCOCCc1ccc(CCO)cc1. The van der Waals surface area contributed by atoms with Crippen LogP contribution in [0.3, 0.4) is 0 Å². The van der Waals surface area contributed by atoms with Crippen LogP contribution in [0.1, 0.15) is 38.3 Å². The van der Waals surface area contributed by atoms with Crippen LogP contribution in [-0.4, -0.2) is 36.5 Å². The number of aliphatic hydroxyl groups is 1. The lowest BCUT2D eigenvalue weighted by Crippen LogP contribution is -2.24. The van der Waals surface area contributed by atoms with Gasteiger partial charge in [0.15, 0.2) is 0 Å². The maximum absolute atomic E-state index is 11.5. The number of ether oxygens (including phenoxy) is 2. The molecule has 0 saturated carbocycles. The number of benzene rings is 1. The highest BCUT2D eigenvalue weighted by Crippen LogP contribution is 2.08. The summed E-state index contributed by atoms with van der Waals surface area (Å²) in [5.74, 6) is -0.226. The molecular formula is C17H26O4. The molecule has 1 aromatic carbocycles. The van der Waals surface area contributed by atoms with Crippen LogP contribution in [0.5, 0.6) is 0 Å². The van der Waals surface area contributed by atoms with Crippen LogP contribution < -0.4 is 0 Å². The molecule has 0 unspecified atom stereocenters. The van der Waals surface area contributed by atoms with Crippen molar-refractivity contribution < 1.29 is 19.4 Å². The summed E-state index contributed by atoms with van der Waals surface area (Å²) < 4.78 is 10.7. The summed E-state index contributed by atoms with van der Waals surface area (Å²) in [7, 11) is 0. The van der Waals surface area contributed by atoms with Gasteiger partial charge in [0.2, 0.25) is 0 Å². The highest BCUT2D eigenvalue weighted by molar-refractivity contribution is 5.69. The number of carbonyl (C=O) groups excluding carboxylic acids is 1. The molecule has 0 aliphatic rings.